The molecule has 41 heavy (non-hydrogen) atoms. The number of carboxylic acid groups (broad SMARTS) is 1. The van der Waals surface area contributed by atoms with Crippen molar-refractivity contribution >= 4 is 28.9 Å². The summed E-state index contributed by atoms with van der Waals surface area (Å²) in [4.78, 5) is 28.2. The third-order valence-corrected chi connectivity index (χ3v) is 9.58. The highest BCUT2D eigenvalue weighted by atomic mass is 32.1. The number of nitrogens with zero attached hydrogens (tertiary/aromatic N) is 3. The number of halogens is 3. The van der Waals surface area contributed by atoms with Crippen molar-refractivity contribution in [3.8, 4) is 17.7 Å². The van der Waals surface area contributed by atoms with E-state index in [1.165, 1.54) is 6.07 Å². The van der Waals surface area contributed by atoms with Gasteiger partial charge >= 0.3 is 12.1 Å². The van der Waals surface area contributed by atoms with E-state index in [9.17, 15) is 27.9 Å². The molecular formula is C30H34F3N3O4S. The zero-order valence-corrected chi connectivity index (χ0v) is 24.0. The van der Waals surface area contributed by atoms with Crippen LogP contribution in [-0.2, 0) is 4.79 Å². The minimum Gasteiger partial charge on any atom is -0.477 e. The van der Waals surface area contributed by atoms with Crippen molar-refractivity contribution in [2.75, 3.05) is 4.90 Å². The van der Waals surface area contributed by atoms with Gasteiger partial charge in [-0.05, 0) is 89.2 Å². The van der Waals surface area contributed by atoms with Crippen LogP contribution in [0, 0.1) is 36.0 Å². The largest absolute Gasteiger partial charge is 0.477 e. The van der Waals surface area contributed by atoms with E-state index in [0.717, 1.165) is 42.7 Å². The number of carbonyl (C=O) groups is 2. The molecule has 3 aliphatic rings. The van der Waals surface area contributed by atoms with Crippen LogP contribution in [0.5, 0.6) is 5.88 Å². The average molecular weight is 590 g/mol. The van der Waals surface area contributed by atoms with Crippen molar-refractivity contribution in [3.63, 3.8) is 0 Å². The Balaban J connectivity index is 1.41. The number of aromatic nitrogens is 2. The number of thiophene rings is 1. The lowest BCUT2D eigenvalue weighted by Gasteiger charge is -2.39. The monoisotopic (exact) mass is 589 g/mol. The van der Waals surface area contributed by atoms with E-state index in [1.54, 1.807) is 11.0 Å². The minimum absolute atomic E-state index is 0.0578. The van der Waals surface area contributed by atoms with E-state index in [0.29, 0.717) is 37.5 Å². The topological polar surface area (TPSA) is 92.6 Å². The van der Waals surface area contributed by atoms with Gasteiger partial charge in [-0.2, -0.15) is 18.3 Å². The molecule has 0 unspecified atom stereocenters. The summed E-state index contributed by atoms with van der Waals surface area (Å²) in [6.07, 6.45) is 1.10. The molecule has 7 nitrogen and oxygen atoms in total. The number of rotatable bonds is 6. The van der Waals surface area contributed by atoms with Gasteiger partial charge in [-0.25, -0.2) is 4.79 Å². The standard InChI is InChI=1S/C30H34F3N3O4S/c1-18-3-6-20(7-4-18)27(37)36(21-8-10-22(11-9-21)40-25-12-5-19(2)34-35-25)24-17-23(41-26(24)28(38)39)13-14-29(15-16-29)30(31,32)33/h5,12,17-18,20-22H,3-4,6-11,15-16H2,1-2H3,(H,38,39). The molecule has 2 aromatic heterocycles. The van der Waals surface area contributed by atoms with E-state index in [4.69, 9.17) is 4.74 Å². The third-order valence-electron chi connectivity index (χ3n) is 8.56. The maximum Gasteiger partial charge on any atom is 0.405 e. The van der Waals surface area contributed by atoms with Gasteiger partial charge in [0.1, 0.15) is 16.4 Å². The van der Waals surface area contributed by atoms with Gasteiger partial charge in [0.15, 0.2) is 0 Å². The normalized spacial score (nSPS) is 25.5. The predicted molar refractivity (Wildman–Crippen MR) is 148 cm³/mol. The van der Waals surface area contributed by atoms with Gasteiger partial charge in [0.2, 0.25) is 11.8 Å². The number of aromatic carboxylic acids is 1. The molecule has 0 atom stereocenters. The number of carbonyl (C=O) groups excluding carboxylic acids is 1. The molecule has 5 rings (SSSR count). The summed E-state index contributed by atoms with van der Waals surface area (Å²) in [5.41, 5.74) is -0.997. The minimum atomic E-state index is -4.43. The first-order valence-electron chi connectivity index (χ1n) is 14.2. The Morgan fingerprint density at radius 2 is 1.76 bits per heavy atom. The lowest BCUT2D eigenvalue weighted by atomic mass is 9.81. The molecule has 0 aliphatic heterocycles. The number of ether oxygens (including phenoxy) is 1. The molecule has 0 spiro atoms. The zero-order valence-electron chi connectivity index (χ0n) is 23.2. The van der Waals surface area contributed by atoms with Gasteiger partial charge in [0.25, 0.3) is 0 Å². The Hall–Kier alpha value is -3.13. The zero-order chi connectivity index (χ0) is 29.4. The van der Waals surface area contributed by atoms with Crippen molar-refractivity contribution in [3.05, 3.63) is 33.6 Å². The number of anilines is 1. The van der Waals surface area contributed by atoms with Gasteiger partial charge in [-0.15, -0.1) is 16.4 Å². The van der Waals surface area contributed by atoms with Crippen LogP contribution in [0.2, 0.25) is 0 Å². The smallest absolute Gasteiger partial charge is 0.405 e. The van der Waals surface area contributed by atoms with E-state index in [-0.39, 0.29) is 52.3 Å². The van der Waals surface area contributed by atoms with Gasteiger partial charge in [0.05, 0.1) is 16.3 Å². The van der Waals surface area contributed by atoms with Crippen LogP contribution in [0.1, 0.15) is 91.4 Å². The Bertz CT molecular complexity index is 1330. The first-order valence-corrected chi connectivity index (χ1v) is 15.0. The molecule has 3 aliphatic carbocycles. The number of aryl methyl sites for hydroxylation is 1. The van der Waals surface area contributed by atoms with Crippen LogP contribution in [0.25, 0.3) is 0 Å². The van der Waals surface area contributed by atoms with Gasteiger partial charge in [0, 0.05) is 18.0 Å². The molecule has 0 saturated heterocycles. The van der Waals surface area contributed by atoms with Gasteiger partial charge < -0.3 is 14.7 Å². The molecule has 1 amide bonds. The fourth-order valence-corrected chi connectivity index (χ4v) is 6.64. The van der Waals surface area contributed by atoms with Crippen molar-refractivity contribution in [1.82, 2.24) is 10.2 Å². The highest BCUT2D eigenvalue weighted by Gasteiger charge is 2.62. The molecule has 11 heteroatoms. The molecule has 3 saturated carbocycles. The van der Waals surface area contributed by atoms with Crippen molar-refractivity contribution in [1.29, 1.82) is 0 Å². The van der Waals surface area contributed by atoms with Crippen molar-refractivity contribution in [2.24, 2.45) is 17.3 Å². The molecule has 0 aromatic carbocycles. The number of alkyl halides is 3. The fourth-order valence-electron chi connectivity index (χ4n) is 5.80. The van der Waals surface area contributed by atoms with E-state index < -0.39 is 17.6 Å². The maximum atomic E-state index is 14.1. The number of hydrogen-bond donors (Lipinski definition) is 1. The number of hydrogen-bond acceptors (Lipinski definition) is 6. The highest BCUT2D eigenvalue weighted by Crippen LogP contribution is 2.57. The average Bonchev–Trinajstić information content (AvgIpc) is 3.63. The van der Waals surface area contributed by atoms with Gasteiger partial charge in [-0.3, -0.25) is 4.79 Å². The van der Waals surface area contributed by atoms with Crippen molar-refractivity contribution in [2.45, 2.75) is 96.4 Å². The Labute approximate surface area is 241 Å². The molecule has 2 aromatic rings. The van der Waals surface area contributed by atoms with E-state index >= 15 is 0 Å². The third kappa shape index (κ3) is 6.53. The van der Waals surface area contributed by atoms with Crippen LogP contribution in [0.3, 0.4) is 0 Å². The predicted octanol–water partition coefficient (Wildman–Crippen LogP) is 6.79. The van der Waals surface area contributed by atoms with Crippen LogP contribution >= 0.6 is 11.3 Å². The molecule has 3 fully saturated rings. The quantitative estimate of drug-likeness (QED) is 0.373. The van der Waals surface area contributed by atoms with Crippen LogP contribution in [-0.4, -0.2) is 45.5 Å². The second-order valence-electron chi connectivity index (χ2n) is 11.7. The second kappa shape index (κ2) is 11.6. The van der Waals surface area contributed by atoms with Crippen LogP contribution < -0.4 is 9.64 Å². The molecule has 0 bridgehead atoms. The first-order chi connectivity index (χ1) is 19.5. The summed E-state index contributed by atoms with van der Waals surface area (Å²) in [6.45, 7) is 4.01. The highest BCUT2D eigenvalue weighted by molar-refractivity contribution is 7.15. The summed E-state index contributed by atoms with van der Waals surface area (Å²) < 4.78 is 46.4. The number of amides is 1. The Morgan fingerprint density at radius 3 is 2.32 bits per heavy atom. The lowest BCUT2D eigenvalue weighted by Crippen LogP contribution is -2.47. The number of carboxylic acids is 1. The lowest BCUT2D eigenvalue weighted by molar-refractivity contribution is -0.168. The van der Waals surface area contributed by atoms with E-state index in [1.807, 2.05) is 13.0 Å². The van der Waals surface area contributed by atoms with Crippen LogP contribution in [0.4, 0.5) is 18.9 Å². The molecule has 0 radical (unpaired) electrons. The Kier molecular flexibility index (Phi) is 8.33. The molecule has 2 heterocycles. The molecule has 220 valence electrons. The van der Waals surface area contributed by atoms with Crippen LogP contribution in [0.15, 0.2) is 18.2 Å². The summed E-state index contributed by atoms with van der Waals surface area (Å²) in [5.74, 6) is 4.38. The van der Waals surface area contributed by atoms with E-state index in [2.05, 4.69) is 29.0 Å². The first kappa shape index (κ1) is 29.4. The van der Waals surface area contributed by atoms with Gasteiger partial charge in [-0.1, -0.05) is 18.8 Å². The SMILES string of the molecule is Cc1ccc(OC2CCC(N(C(=O)C3CCC(C)CC3)c3cc(C#CC4(C(F)(F)F)CC4)sc3C(=O)O)CC2)nn1. The molecular weight excluding hydrogens is 555 g/mol. The Morgan fingerprint density at radius 1 is 1.07 bits per heavy atom. The summed E-state index contributed by atoms with van der Waals surface area (Å²) in [6, 6.07) is 4.83. The second-order valence-corrected chi connectivity index (χ2v) is 12.7. The summed E-state index contributed by atoms with van der Waals surface area (Å²) in [7, 11) is 0. The summed E-state index contributed by atoms with van der Waals surface area (Å²) >= 11 is 0.833. The molecule has 1 N–H and O–H groups in total. The van der Waals surface area contributed by atoms with Crippen molar-refractivity contribution < 1.29 is 32.6 Å². The summed E-state index contributed by atoms with van der Waals surface area (Å²) in [5, 5.41) is 18.2. The fraction of sp³-hybridized carbons (Fsp3) is 0.600. The maximum absolute atomic E-state index is 14.1.